The summed E-state index contributed by atoms with van der Waals surface area (Å²) in [6.45, 7) is 1.91. The van der Waals surface area contributed by atoms with Gasteiger partial charge in [-0.25, -0.2) is 17.4 Å². The van der Waals surface area contributed by atoms with Crippen molar-refractivity contribution in [3.8, 4) is 11.4 Å². The summed E-state index contributed by atoms with van der Waals surface area (Å²) in [6, 6.07) is 13.7. The smallest absolute Gasteiger partial charge is 0.236 e. The summed E-state index contributed by atoms with van der Waals surface area (Å²) in [5, 5.41) is 0.453. The molecule has 0 atom stereocenters. The molecule has 4 nitrogen and oxygen atoms in total. The molecule has 0 aliphatic rings. The molecule has 0 aliphatic heterocycles. The SMILES string of the molecule is Cc1ccc(S(=O)(=O)n2ccnc2-c2ccccc2Cl)cc1. The zero-order valence-electron chi connectivity index (χ0n) is 11.8. The van der Waals surface area contributed by atoms with E-state index in [0.29, 0.717) is 16.4 Å². The van der Waals surface area contributed by atoms with Crippen LogP contribution in [0.1, 0.15) is 5.56 Å². The van der Waals surface area contributed by atoms with E-state index in [4.69, 9.17) is 11.6 Å². The van der Waals surface area contributed by atoms with Gasteiger partial charge in [0.2, 0.25) is 0 Å². The fourth-order valence-electron chi connectivity index (χ4n) is 2.14. The largest absolute Gasteiger partial charge is 0.269 e. The van der Waals surface area contributed by atoms with Crippen LogP contribution in [0.2, 0.25) is 5.02 Å². The summed E-state index contributed by atoms with van der Waals surface area (Å²) < 4.78 is 26.7. The van der Waals surface area contributed by atoms with Gasteiger partial charge in [-0.1, -0.05) is 41.4 Å². The second kappa shape index (κ2) is 5.59. The van der Waals surface area contributed by atoms with Crippen molar-refractivity contribution in [1.29, 1.82) is 0 Å². The number of aryl methyl sites for hydroxylation is 1. The van der Waals surface area contributed by atoms with Gasteiger partial charge in [0.25, 0.3) is 10.0 Å². The molecule has 0 amide bonds. The fraction of sp³-hybridized carbons (Fsp3) is 0.0625. The monoisotopic (exact) mass is 332 g/mol. The van der Waals surface area contributed by atoms with Crippen molar-refractivity contribution in [2.45, 2.75) is 11.8 Å². The molecule has 1 aromatic heterocycles. The topological polar surface area (TPSA) is 52.0 Å². The van der Waals surface area contributed by atoms with E-state index in [0.717, 1.165) is 9.54 Å². The first-order valence-corrected chi connectivity index (χ1v) is 8.42. The third-order valence-corrected chi connectivity index (χ3v) is 5.31. The number of hydrogen-bond donors (Lipinski definition) is 0. The van der Waals surface area contributed by atoms with E-state index in [1.165, 1.54) is 12.4 Å². The summed E-state index contributed by atoms with van der Waals surface area (Å²) >= 11 is 6.16. The van der Waals surface area contributed by atoms with Crippen LogP contribution < -0.4 is 0 Å². The second-order valence-electron chi connectivity index (χ2n) is 4.84. The lowest BCUT2D eigenvalue weighted by Crippen LogP contribution is -2.13. The zero-order valence-corrected chi connectivity index (χ0v) is 13.3. The maximum Gasteiger partial charge on any atom is 0.269 e. The maximum atomic E-state index is 12.8. The van der Waals surface area contributed by atoms with Crippen LogP contribution in [0.5, 0.6) is 0 Å². The highest BCUT2D eigenvalue weighted by Crippen LogP contribution is 2.28. The summed E-state index contributed by atoms with van der Waals surface area (Å²) in [6.07, 6.45) is 2.87. The Balaban J connectivity index is 2.16. The molecular weight excluding hydrogens is 320 g/mol. The molecule has 0 spiro atoms. The van der Waals surface area contributed by atoms with E-state index >= 15 is 0 Å². The maximum absolute atomic E-state index is 12.8. The number of benzene rings is 2. The Kier molecular flexibility index (Phi) is 3.76. The number of aromatic nitrogens is 2. The number of imidazole rings is 1. The van der Waals surface area contributed by atoms with Crippen LogP contribution in [0.25, 0.3) is 11.4 Å². The Bertz CT molecular complexity index is 915. The van der Waals surface area contributed by atoms with Gasteiger partial charge in [-0.3, -0.25) is 0 Å². The summed E-state index contributed by atoms with van der Waals surface area (Å²) in [5.41, 5.74) is 1.57. The molecule has 0 bridgehead atoms. The van der Waals surface area contributed by atoms with E-state index in [2.05, 4.69) is 4.98 Å². The molecule has 112 valence electrons. The van der Waals surface area contributed by atoms with E-state index in [1.54, 1.807) is 48.5 Å². The molecule has 0 saturated heterocycles. The number of nitrogens with zero attached hydrogens (tertiary/aromatic N) is 2. The Morgan fingerprint density at radius 2 is 1.73 bits per heavy atom. The molecule has 2 aromatic carbocycles. The molecule has 3 rings (SSSR count). The molecule has 1 heterocycles. The average molecular weight is 333 g/mol. The fourth-order valence-corrected chi connectivity index (χ4v) is 3.66. The molecule has 6 heteroatoms. The number of rotatable bonds is 3. The van der Waals surface area contributed by atoms with Gasteiger partial charge in [0, 0.05) is 18.0 Å². The third-order valence-electron chi connectivity index (χ3n) is 3.30. The minimum Gasteiger partial charge on any atom is -0.236 e. The van der Waals surface area contributed by atoms with Crippen molar-refractivity contribution in [2.75, 3.05) is 0 Å². The van der Waals surface area contributed by atoms with Gasteiger partial charge in [0.05, 0.1) is 9.92 Å². The first-order chi connectivity index (χ1) is 10.5. The van der Waals surface area contributed by atoms with Crippen molar-refractivity contribution in [3.63, 3.8) is 0 Å². The Hall–Kier alpha value is -2.11. The first-order valence-electron chi connectivity index (χ1n) is 6.60. The quantitative estimate of drug-likeness (QED) is 0.734. The lowest BCUT2D eigenvalue weighted by Gasteiger charge is -2.10. The highest BCUT2D eigenvalue weighted by Gasteiger charge is 2.21. The minimum atomic E-state index is -3.71. The predicted molar refractivity (Wildman–Crippen MR) is 86.4 cm³/mol. The van der Waals surface area contributed by atoms with Crippen LogP contribution in [0.4, 0.5) is 0 Å². The average Bonchev–Trinajstić information content (AvgIpc) is 2.98. The normalized spacial score (nSPS) is 11.5. The van der Waals surface area contributed by atoms with Gasteiger partial charge in [-0.05, 0) is 31.2 Å². The van der Waals surface area contributed by atoms with E-state index in [-0.39, 0.29) is 4.90 Å². The molecular formula is C16H13ClN2O2S. The van der Waals surface area contributed by atoms with E-state index in [1.807, 2.05) is 6.92 Å². The van der Waals surface area contributed by atoms with Crippen LogP contribution in [-0.2, 0) is 10.0 Å². The van der Waals surface area contributed by atoms with Gasteiger partial charge >= 0.3 is 0 Å². The summed E-state index contributed by atoms with van der Waals surface area (Å²) in [7, 11) is -3.71. The molecule has 0 aliphatic carbocycles. The first kappa shape index (κ1) is 14.8. The van der Waals surface area contributed by atoms with E-state index in [9.17, 15) is 8.42 Å². The lowest BCUT2D eigenvalue weighted by molar-refractivity contribution is 0.588. The molecule has 0 N–H and O–H groups in total. The third kappa shape index (κ3) is 2.53. The molecule has 3 aromatic rings. The van der Waals surface area contributed by atoms with Crippen LogP contribution in [0.15, 0.2) is 65.8 Å². The Morgan fingerprint density at radius 3 is 2.41 bits per heavy atom. The highest BCUT2D eigenvalue weighted by atomic mass is 35.5. The molecule has 0 unspecified atom stereocenters. The standard InChI is InChI=1S/C16H13ClN2O2S/c1-12-6-8-13(9-7-12)22(20,21)19-11-10-18-16(19)14-4-2-3-5-15(14)17/h2-11H,1H3. The van der Waals surface area contributed by atoms with Crippen molar-refractivity contribution in [3.05, 3.63) is 71.5 Å². The number of halogens is 1. The van der Waals surface area contributed by atoms with Crippen molar-refractivity contribution < 1.29 is 8.42 Å². The van der Waals surface area contributed by atoms with Gasteiger partial charge in [-0.15, -0.1) is 0 Å². The van der Waals surface area contributed by atoms with Gasteiger partial charge in [0.15, 0.2) is 5.82 Å². The van der Waals surface area contributed by atoms with Gasteiger partial charge in [0.1, 0.15) is 0 Å². The molecule has 0 fully saturated rings. The van der Waals surface area contributed by atoms with Crippen molar-refractivity contribution >= 4 is 21.6 Å². The van der Waals surface area contributed by atoms with Crippen LogP contribution in [-0.4, -0.2) is 17.4 Å². The molecule has 0 saturated carbocycles. The second-order valence-corrected chi connectivity index (χ2v) is 7.07. The predicted octanol–water partition coefficient (Wildman–Crippen LogP) is 3.75. The van der Waals surface area contributed by atoms with Crippen LogP contribution in [0, 0.1) is 6.92 Å². The number of hydrogen-bond acceptors (Lipinski definition) is 3. The molecule has 0 radical (unpaired) electrons. The Morgan fingerprint density at radius 1 is 1.05 bits per heavy atom. The Labute approximate surface area is 134 Å². The van der Waals surface area contributed by atoms with Crippen molar-refractivity contribution in [2.24, 2.45) is 0 Å². The molecule has 22 heavy (non-hydrogen) atoms. The van der Waals surface area contributed by atoms with E-state index < -0.39 is 10.0 Å². The van der Waals surface area contributed by atoms with Crippen LogP contribution >= 0.6 is 11.6 Å². The lowest BCUT2D eigenvalue weighted by atomic mass is 10.2. The highest BCUT2D eigenvalue weighted by molar-refractivity contribution is 7.90. The summed E-state index contributed by atoms with van der Waals surface area (Å²) in [4.78, 5) is 4.37. The van der Waals surface area contributed by atoms with Gasteiger partial charge in [-0.2, -0.15) is 0 Å². The van der Waals surface area contributed by atoms with Crippen LogP contribution in [0.3, 0.4) is 0 Å². The zero-order chi connectivity index (χ0) is 15.7. The van der Waals surface area contributed by atoms with Gasteiger partial charge < -0.3 is 0 Å². The van der Waals surface area contributed by atoms with Crippen molar-refractivity contribution in [1.82, 2.24) is 8.96 Å². The summed E-state index contributed by atoms with van der Waals surface area (Å²) in [5.74, 6) is 0.297. The minimum absolute atomic E-state index is 0.212.